The molecule has 2 rings (SSSR count). The Morgan fingerprint density at radius 3 is 2.89 bits per heavy atom. The molecule has 19 heavy (non-hydrogen) atoms. The molecule has 0 bridgehead atoms. The van der Waals surface area contributed by atoms with Crippen molar-refractivity contribution in [2.75, 3.05) is 12.4 Å². The van der Waals surface area contributed by atoms with Gasteiger partial charge in [0, 0.05) is 17.0 Å². The first kappa shape index (κ1) is 13.3. The maximum Gasteiger partial charge on any atom is 0.250 e. The summed E-state index contributed by atoms with van der Waals surface area (Å²) in [6.45, 7) is 1.89. The third-order valence-corrected chi connectivity index (χ3v) is 3.28. The predicted octanol–water partition coefficient (Wildman–Crippen LogP) is 3.11. The Hall–Kier alpha value is -2.14. The van der Waals surface area contributed by atoms with Crippen molar-refractivity contribution < 1.29 is 9.53 Å². The van der Waals surface area contributed by atoms with E-state index in [2.05, 4.69) is 10.3 Å². The van der Waals surface area contributed by atoms with Crippen molar-refractivity contribution in [2.45, 2.75) is 6.92 Å². The molecule has 1 N–H and O–H groups in total. The number of aromatic nitrogens is 1. The van der Waals surface area contributed by atoms with E-state index in [1.54, 1.807) is 13.2 Å². The molecular weight excluding hydrogens is 260 g/mol. The van der Waals surface area contributed by atoms with Gasteiger partial charge in [0.05, 0.1) is 12.8 Å². The van der Waals surface area contributed by atoms with E-state index in [9.17, 15) is 4.79 Å². The zero-order chi connectivity index (χ0) is 13.7. The van der Waals surface area contributed by atoms with Gasteiger partial charge in [0.2, 0.25) is 5.91 Å². The number of anilines is 1. The van der Waals surface area contributed by atoms with Crippen molar-refractivity contribution in [2.24, 2.45) is 0 Å². The summed E-state index contributed by atoms with van der Waals surface area (Å²) in [5.74, 6) is 0.525. The van der Waals surface area contributed by atoms with Crippen LogP contribution < -0.4 is 10.1 Å². The Morgan fingerprint density at radius 2 is 2.21 bits per heavy atom. The topological polar surface area (TPSA) is 51.2 Å². The second kappa shape index (κ2) is 6.15. The average molecular weight is 274 g/mol. The maximum atomic E-state index is 11.7. The normalized spacial score (nSPS) is 10.6. The van der Waals surface area contributed by atoms with Gasteiger partial charge in [-0.1, -0.05) is 18.2 Å². The summed E-state index contributed by atoms with van der Waals surface area (Å²) < 4.78 is 5.21. The number of rotatable bonds is 4. The van der Waals surface area contributed by atoms with Gasteiger partial charge in [-0.05, 0) is 19.1 Å². The van der Waals surface area contributed by atoms with E-state index in [1.807, 2.05) is 36.6 Å². The number of para-hydroxylation sites is 1. The van der Waals surface area contributed by atoms with E-state index in [-0.39, 0.29) is 5.91 Å². The molecule has 0 unspecified atom stereocenters. The second-order valence-corrected chi connectivity index (χ2v) is 4.72. The van der Waals surface area contributed by atoms with E-state index in [0.717, 1.165) is 17.0 Å². The SMILES string of the molecule is COc1ccccc1C=CC(=O)Nc1nc(C)cs1. The van der Waals surface area contributed by atoms with Gasteiger partial charge in [-0.15, -0.1) is 11.3 Å². The standard InChI is InChI=1S/C14H14N2O2S/c1-10-9-19-14(15-10)16-13(17)8-7-11-5-3-4-6-12(11)18-2/h3-9H,1-2H3,(H,15,16,17). The number of amides is 1. The third kappa shape index (κ3) is 3.66. The Kier molecular flexibility index (Phi) is 4.30. The van der Waals surface area contributed by atoms with Crippen LogP contribution in [0.5, 0.6) is 5.75 Å². The van der Waals surface area contributed by atoms with Crippen LogP contribution in [0.15, 0.2) is 35.7 Å². The van der Waals surface area contributed by atoms with Gasteiger partial charge in [-0.25, -0.2) is 4.98 Å². The molecule has 1 amide bonds. The number of carbonyl (C=O) groups excluding carboxylic acids is 1. The van der Waals surface area contributed by atoms with E-state index < -0.39 is 0 Å². The molecular formula is C14H14N2O2S. The molecule has 1 aromatic carbocycles. The highest BCUT2D eigenvalue weighted by Gasteiger charge is 2.02. The van der Waals surface area contributed by atoms with Crippen molar-refractivity contribution in [3.63, 3.8) is 0 Å². The fourth-order valence-corrected chi connectivity index (χ4v) is 2.22. The van der Waals surface area contributed by atoms with Gasteiger partial charge in [0.25, 0.3) is 0 Å². The van der Waals surface area contributed by atoms with Gasteiger partial charge in [-0.3, -0.25) is 10.1 Å². The minimum absolute atomic E-state index is 0.208. The fourth-order valence-electron chi connectivity index (χ4n) is 1.53. The van der Waals surface area contributed by atoms with Crippen LogP contribution in [-0.4, -0.2) is 18.0 Å². The van der Waals surface area contributed by atoms with Crippen molar-refractivity contribution in [3.8, 4) is 5.75 Å². The Bertz CT molecular complexity index is 605. The first-order valence-electron chi connectivity index (χ1n) is 5.73. The number of methoxy groups -OCH3 is 1. The number of carbonyl (C=O) groups is 1. The lowest BCUT2D eigenvalue weighted by molar-refractivity contribution is -0.111. The lowest BCUT2D eigenvalue weighted by Crippen LogP contribution is -2.07. The summed E-state index contributed by atoms with van der Waals surface area (Å²) in [5.41, 5.74) is 1.75. The van der Waals surface area contributed by atoms with Crippen LogP contribution >= 0.6 is 11.3 Å². The number of hydrogen-bond acceptors (Lipinski definition) is 4. The number of benzene rings is 1. The highest BCUT2D eigenvalue weighted by atomic mass is 32.1. The van der Waals surface area contributed by atoms with Crippen LogP contribution in [0, 0.1) is 6.92 Å². The first-order valence-corrected chi connectivity index (χ1v) is 6.61. The summed E-state index contributed by atoms with van der Waals surface area (Å²) >= 11 is 1.41. The zero-order valence-electron chi connectivity index (χ0n) is 10.7. The Labute approximate surface area is 115 Å². The third-order valence-electron chi connectivity index (χ3n) is 2.40. The fraction of sp³-hybridized carbons (Fsp3) is 0.143. The molecule has 4 nitrogen and oxygen atoms in total. The molecule has 0 fully saturated rings. The molecule has 0 saturated carbocycles. The molecule has 0 spiro atoms. The van der Waals surface area contributed by atoms with Crippen molar-refractivity contribution in [1.82, 2.24) is 4.98 Å². The summed E-state index contributed by atoms with van der Waals surface area (Å²) in [6.07, 6.45) is 3.18. The number of hydrogen-bond donors (Lipinski definition) is 1. The summed E-state index contributed by atoms with van der Waals surface area (Å²) in [7, 11) is 1.60. The van der Waals surface area contributed by atoms with Gasteiger partial charge >= 0.3 is 0 Å². The minimum atomic E-state index is -0.208. The number of thiazole rings is 1. The van der Waals surface area contributed by atoms with E-state index in [1.165, 1.54) is 17.4 Å². The van der Waals surface area contributed by atoms with Gasteiger partial charge in [0.15, 0.2) is 5.13 Å². The molecule has 5 heteroatoms. The summed E-state index contributed by atoms with van der Waals surface area (Å²) in [4.78, 5) is 15.9. The number of nitrogens with zero attached hydrogens (tertiary/aromatic N) is 1. The largest absolute Gasteiger partial charge is 0.496 e. The average Bonchev–Trinajstić information content (AvgIpc) is 2.82. The van der Waals surface area contributed by atoms with Crippen LogP contribution in [0.1, 0.15) is 11.3 Å². The molecule has 2 aromatic rings. The molecule has 0 saturated heterocycles. The predicted molar refractivity (Wildman–Crippen MR) is 77.5 cm³/mol. The monoisotopic (exact) mass is 274 g/mol. The lowest BCUT2D eigenvalue weighted by Gasteiger charge is -2.03. The summed E-state index contributed by atoms with van der Waals surface area (Å²) in [5, 5.41) is 5.20. The summed E-state index contributed by atoms with van der Waals surface area (Å²) in [6, 6.07) is 7.51. The molecule has 0 aliphatic heterocycles. The highest BCUT2D eigenvalue weighted by Crippen LogP contribution is 2.19. The molecule has 0 radical (unpaired) electrons. The van der Waals surface area contributed by atoms with Crippen molar-refractivity contribution >= 4 is 28.5 Å². The molecule has 98 valence electrons. The van der Waals surface area contributed by atoms with Crippen LogP contribution in [0.4, 0.5) is 5.13 Å². The van der Waals surface area contributed by atoms with Gasteiger partial charge in [-0.2, -0.15) is 0 Å². The smallest absolute Gasteiger partial charge is 0.250 e. The van der Waals surface area contributed by atoms with Crippen molar-refractivity contribution in [1.29, 1.82) is 0 Å². The Balaban J connectivity index is 2.04. The number of nitrogens with one attached hydrogen (secondary N) is 1. The number of ether oxygens (including phenoxy) is 1. The minimum Gasteiger partial charge on any atom is -0.496 e. The second-order valence-electron chi connectivity index (χ2n) is 3.86. The first-order chi connectivity index (χ1) is 9.19. The number of aryl methyl sites for hydroxylation is 1. The van der Waals surface area contributed by atoms with Crippen LogP contribution in [0.3, 0.4) is 0 Å². The van der Waals surface area contributed by atoms with E-state index in [0.29, 0.717) is 5.13 Å². The van der Waals surface area contributed by atoms with Crippen LogP contribution in [0.2, 0.25) is 0 Å². The molecule has 1 aromatic heterocycles. The van der Waals surface area contributed by atoms with Gasteiger partial charge in [0.1, 0.15) is 5.75 Å². The molecule has 0 atom stereocenters. The van der Waals surface area contributed by atoms with Crippen LogP contribution in [0.25, 0.3) is 6.08 Å². The highest BCUT2D eigenvalue weighted by molar-refractivity contribution is 7.13. The van der Waals surface area contributed by atoms with Crippen molar-refractivity contribution in [3.05, 3.63) is 47.0 Å². The lowest BCUT2D eigenvalue weighted by atomic mass is 10.2. The van der Waals surface area contributed by atoms with E-state index in [4.69, 9.17) is 4.74 Å². The molecule has 0 aliphatic carbocycles. The zero-order valence-corrected chi connectivity index (χ0v) is 11.5. The van der Waals surface area contributed by atoms with E-state index >= 15 is 0 Å². The quantitative estimate of drug-likeness (QED) is 0.871. The molecule has 1 heterocycles. The maximum absolute atomic E-state index is 11.7. The van der Waals surface area contributed by atoms with Gasteiger partial charge < -0.3 is 4.74 Å². The van der Waals surface area contributed by atoms with Crippen LogP contribution in [-0.2, 0) is 4.79 Å². The molecule has 0 aliphatic rings. The Morgan fingerprint density at radius 1 is 1.42 bits per heavy atom.